The molecule has 1 aromatic rings. The van der Waals surface area contributed by atoms with Gasteiger partial charge in [0.15, 0.2) is 5.96 Å². The molecule has 5 nitrogen and oxygen atoms in total. The summed E-state index contributed by atoms with van der Waals surface area (Å²) in [5.41, 5.74) is 0. The van der Waals surface area contributed by atoms with E-state index in [-0.39, 0.29) is 36.4 Å². The lowest BCUT2D eigenvalue weighted by molar-refractivity contribution is -0.132. The van der Waals surface area contributed by atoms with Crippen LogP contribution in [-0.4, -0.2) is 41.6 Å². The Balaban J connectivity index is 0.00000441. The zero-order valence-electron chi connectivity index (χ0n) is 12.7. The molecular formula is C13H23F3IN5. The molecule has 0 fully saturated rings. The molecule has 0 radical (unpaired) electrons. The molecule has 1 heterocycles. The minimum atomic E-state index is -4.16. The van der Waals surface area contributed by atoms with Crippen molar-refractivity contribution in [2.75, 3.05) is 19.6 Å². The molecule has 0 saturated carbocycles. The van der Waals surface area contributed by atoms with E-state index in [0.29, 0.717) is 19.0 Å². The van der Waals surface area contributed by atoms with Gasteiger partial charge in [0.25, 0.3) is 0 Å². The molecule has 0 aliphatic rings. The number of nitrogens with one attached hydrogen (secondary N) is 2. The van der Waals surface area contributed by atoms with Crippen molar-refractivity contribution in [3.8, 4) is 0 Å². The summed E-state index contributed by atoms with van der Waals surface area (Å²) in [5, 5.41) is 9.73. The zero-order chi connectivity index (χ0) is 15.7. The summed E-state index contributed by atoms with van der Waals surface area (Å²) < 4.78 is 38.1. The van der Waals surface area contributed by atoms with Crippen molar-refractivity contribution in [2.45, 2.75) is 33.0 Å². The molecule has 1 rings (SSSR count). The molecule has 0 amide bonds. The van der Waals surface area contributed by atoms with E-state index in [4.69, 9.17) is 0 Å². The van der Waals surface area contributed by atoms with E-state index >= 15 is 0 Å². The first-order valence-corrected chi connectivity index (χ1v) is 6.97. The van der Waals surface area contributed by atoms with Crippen LogP contribution in [0.5, 0.6) is 0 Å². The molecule has 9 heteroatoms. The van der Waals surface area contributed by atoms with E-state index in [9.17, 15) is 13.2 Å². The summed E-state index contributed by atoms with van der Waals surface area (Å²) in [6.45, 7) is 5.55. The number of aromatic nitrogens is 2. The number of alkyl halides is 3. The van der Waals surface area contributed by atoms with Crippen LogP contribution in [0.3, 0.4) is 0 Å². The monoisotopic (exact) mass is 433 g/mol. The molecule has 128 valence electrons. The summed E-state index contributed by atoms with van der Waals surface area (Å²) >= 11 is 0. The lowest BCUT2D eigenvalue weighted by Crippen LogP contribution is -2.39. The van der Waals surface area contributed by atoms with Gasteiger partial charge in [-0.1, -0.05) is 6.92 Å². The van der Waals surface area contributed by atoms with Crippen molar-refractivity contribution in [3.63, 3.8) is 0 Å². The molecule has 0 aliphatic carbocycles. The molecule has 1 unspecified atom stereocenters. The molecule has 0 spiro atoms. The first-order valence-electron chi connectivity index (χ1n) is 6.97. The summed E-state index contributed by atoms with van der Waals surface area (Å²) in [4.78, 5) is 4.30. The normalized spacial score (nSPS) is 13.4. The van der Waals surface area contributed by atoms with Crippen molar-refractivity contribution in [3.05, 3.63) is 18.5 Å². The molecule has 2 N–H and O–H groups in total. The van der Waals surface area contributed by atoms with Crippen molar-refractivity contribution in [2.24, 2.45) is 10.9 Å². The highest BCUT2D eigenvalue weighted by molar-refractivity contribution is 14.0. The van der Waals surface area contributed by atoms with Gasteiger partial charge in [0.1, 0.15) is 0 Å². The summed E-state index contributed by atoms with van der Waals surface area (Å²) in [6.07, 6.45) is -1.45. The number of halogens is 4. The van der Waals surface area contributed by atoms with Gasteiger partial charge in [-0.15, -0.1) is 24.0 Å². The predicted octanol–water partition coefficient (Wildman–Crippen LogP) is 2.64. The van der Waals surface area contributed by atoms with Gasteiger partial charge < -0.3 is 10.6 Å². The van der Waals surface area contributed by atoms with Gasteiger partial charge in [-0.2, -0.15) is 18.3 Å². The van der Waals surface area contributed by atoms with Crippen molar-refractivity contribution in [1.29, 1.82) is 0 Å². The van der Waals surface area contributed by atoms with E-state index in [1.807, 2.05) is 30.8 Å². The van der Waals surface area contributed by atoms with Gasteiger partial charge in [0, 0.05) is 38.6 Å². The molecule has 22 heavy (non-hydrogen) atoms. The molecule has 0 saturated heterocycles. The summed E-state index contributed by atoms with van der Waals surface area (Å²) in [6, 6.07) is 1.85. The molecule has 1 atom stereocenters. The second-order valence-corrected chi connectivity index (χ2v) is 4.84. The zero-order valence-corrected chi connectivity index (χ0v) is 15.1. The van der Waals surface area contributed by atoms with Crippen LogP contribution in [0.15, 0.2) is 23.5 Å². The molecule has 1 aromatic heterocycles. The summed E-state index contributed by atoms with van der Waals surface area (Å²) in [7, 11) is 0. The number of aliphatic imine (C=N–C) groups is 1. The minimum Gasteiger partial charge on any atom is -0.357 e. The van der Waals surface area contributed by atoms with Gasteiger partial charge in [-0.3, -0.25) is 9.67 Å². The lowest BCUT2D eigenvalue weighted by atomic mass is 10.2. The van der Waals surface area contributed by atoms with E-state index < -0.39 is 12.6 Å². The third-order valence-electron chi connectivity index (χ3n) is 2.66. The molecule has 0 bridgehead atoms. The van der Waals surface area contributed by atoms with E-state index in [1.54, 1.807) is 6.20 Å². The Morgan fingerprint density at radius 1 is 1.36 bits per heavy atom. The maximum atomic E-state index is 12.1. The Bertz CT molecular complexity index is 420. The first-order chi connectivity index (χ1) is 9.90. The van der Waals surface area contributed by atoms with Gasteiger partial charge in [0.05, 0.1) is 6.42 Å². The average molecular weight is 433 g/mol. The van der Waals surface area contributed by atoms with Crippen LogP contribution in [0.1, 0.15) is 20.3 Å². The standard InChI is InChI=1S/C13H22F3N5.HI/c1-3-17-12(18-7-5-13(14,15)16)19-9-11(2)10-21-8-4-6-20-21;/h4,6,8,11H,3,5,7,9-10H2,1-2H3,(H2,17,18,19);1H. The van der Waals surface area contributed by atoms with Crippen molar-refractivity contribution >= 4 is 29.9 Å². The van der Waals surface area contributed by atoms with Gasteiger partial charge >= 0.3 is 6.18 Å². The first kappa shape index (κ1) is 21.0. The Hall–Kier alpha value is -1.00. The SMILES string of the molecule is CCNC(=NCC(C)Cn1cccn1)NCCC(F)(F)F.I. The predicted molar refractivity (Wildman–Crippen MR) is 91.5 cm³/mol. The highest BCUT2D eigenvalue weighted by Gasteiger charge is 2.26. The van der Waals surface area contributed by atoms with Crippen LogP contribution in [0.2, 0.25) is 0 Å². The van der Waals surface area contributed by atoms with E-state index in [0.717, 1.165) is 6.54 Å². The third kappa shape index (κ3) is 9.85. The fourth-order valence-electron chi connectivity index (χ4n) is 1.70. The van der Waals surface area contributed by atoms with Gasteiger partial charge in [-0.05, 0) is 18.9 Å². The van der Waals surface area contributed by atoms with Crippen LogP contribution in [0.4, 0.5) is 13.2 Å². The van der Waals surface area contributed by atoms with E-state index in [2.05, 4.69) is 20.7 Å². The number of hydrogen-bond acceptors (Lipinski definition) is 2. The second-order valence-electron chi connectivity index (χ2n) is 4.84. The largest absolute Gasteiger partial charge is 0.390 e. The topological polar surface area (TPSA) is 54.2 Å². The second kappa shape index (κ2) is 10.7. The molecule has 0 aliphatic heterocycles. The van der Waals surface area contributed by atoms with Gasteiger partial charge in [-0.25, -0.2) is 0 Å². The van der Waals surface area contributed by atoms with Crippen molar-refractivity contribution < 1.29 is 13.2 Å². The average Bonchev–Trinajstić information content (AvgIpc) is 2.87. The number of rotatable bonds is 7. The Labute approximate surface area is 145 Å². The Kier molecular flexibility index (Phi) is 10.2. The maximum Gasteiger partial charge on any atom is 0.390 e. The highest BCUT2D eigenvalue weighted by atomic mass is 127. The van der Waals surface area contributed by atoms with Crippen LogP contribution in [0.25, 0.3) is 0 Å². The van der Waals surface area contributed by atoms with Crippen LogP contribution in [0, 0.1) is 5.92 Å². The number of hydrogen-bond donors (Lipinski definition) is 2. The quantitative estimate of drug-likeness (QED) is 0.395. The Morgan fingerprint density at radius 3 is 2.64 bits per heavy atom. The number of nitrogens with zero attached hydrogens (tertiary/aromatic N) is 3. The summed E-state index contributed by atoms with van der Waals surface area (Å²) in [5.74, 6) is 0.650. The van der Waals surface area contributed by atoms with E-state index in [1.165, 1.54) is 0 Å². The lowest BCUT2D eigenvalue weighted by Gasteiger charge is -2.14. The van der Waals surface area contributed by atoms with Crippen LogP contribution >= 0.6 is 24.0 Å². The Morgan fingerprint density at radius 2 is 2.09 bits per heavy atom. The number of guanidine groups is 1. The third-order valence-corrected chi connectivity index (χ3v) is 2.66. The van der Waals surface area contributed by atoms with Crippen molar-refractivity contribution in [1.82, 2.24) is 20.4 Å². The van der Waals surface area contributed by atoms with Crippen LogP contribution in [-0.2, 0) is 6.54 Å². The van der Waals surface area contributed by atoms with Crippen LogP contribution < -0.4 is 10.6 Å². The maximum absolute atomic E-state index is 12.1. The molecular weight excluding hydrogens is 410 g/mol. The minimum absolute atomic E-state index is 0. The fourth-order valence-corrected chi connectivity index (χ4v) is 1.70. The smallest absolute Gasteiger partial charge is 0.357 e. The fraction of sp³-hybridized carbons (Fsp3) is 0.692. The molecule has 0 aromatic carbocycles. The highest BCUT2D eigenvalue weighted by Crippen LogP contribution is 2.18. The van der Waals surface area contributed by atoms with Gasteiger partial charge in [0.2, 0.25) is 0 Å².